The Hall–Kier alpha value is -0.910. The van der Waals surface area contributed by atoms with E-state index in [-0.39, 0.29) is 5.75 Å². The Morgan fingerprint density at radius 3 is 2.60 bits per heavy atom. The summed E-state index contributed by atoms with van der Waals surface area (Å²) in [4.78, 5) is 0. The average Bonchev–Trinajstić information content (AvgIpc) is 2.39. The molecule has 2 rings (SSSR count). The second kappa shape index (κ2) is 6.70. The molecule has 0 aliphatic carbocycles. The maximum atomic E-state index is 9.47. The van der Waals surface area contributed by atoms with Gasteiger partial charge in [-0.25, -0.2) is 0 Å². The number of anilines is 1. The number of phenols is 1. The molecular weight excluding hydrogens is 409 g/mol. The molecule has 0 atom stereocenters. The molecule has 0 fully saturated rings. The molecule has 0 spiro atoms. The number of hydrogen-bond acceptors (Lipinski definition) is 3. The van der Waals surface area contributed by atoms with Crippen molar-refractivity contribution < 1.29 is 9.84 Å². The molecule has 2 N–H and O–H groups in total. The van der Waals surface area contributed by atoms with E-state index < -0.39 is 0 Å². The molecule has 0 aromatic heterocycles. The lowest BCUT2D eigenvalue weighted by Crippen LogP contribution is -2.02. The maximum Gasteiger partial charge on any atom is 0.156 e. The minimum Gasteiger partial charge on any atom is -0.507 e. The van der Waals surface area contributed by atoms with Crippen molar-refractivity contribution in [3.63, 3.8) is 0 Å². The van der Waals surface area contributed by atoms with Crippen molar-refractivity contribution in [1.29, 1.82) is 0 Å². The van der Waals surface area contributed by atoms with E-state index in [1.165, 1.54) is 0 Å². The van der Waals surface area contributed by atoms with E-state index in [1.807, 2.05) is 12.1 Å². The number of hydrogen-bond donors (Lipinski definition) is 2. The molecule has 20 heavy (non-hydrogen) atoms. The SMILES string of the molecule is COc1c(Br)cc(Cl)cc1NCc1ccc(O)c(Br)c1. The van der Waals surface area contributed by atoms with Gasteiger partial charge in [0.25, 0.3) is 0 Å². The van der Waals surface area contributed by atoms with Crippen molar-refractivity contribution in [3.8, 4) is 11.5 Å². The summed E-state index contributed by atoms with van der Waals surface area (Å²) in [5.41, 5.74) is 1.82. The first-order valence-electron chi connectivity index (χ1n) is 5.75. The Morgan fingerprint density at radius 1 is 1.20 bits per heavy atom. The van der Waals surface area contributed by atoms with Crippen LogP contribution in [-0.2, 0) is 6.54 Å². The number of aromatic hydroxyl groups is 1. The standard InChI is InChI=1S/C14H12Br2ClNO2/c1-20-14-11(16)5-9(17)6-12(14)18-7-8-2-3-13(19)10(15)4-8/h2-6,18-19H,7H2,1H3. The topological polar surface area (TPSA) is 41.5 Å². The van der Waals surface area contributed by atoms with E-state index >= 15 is 0 Å². The van der Waals surface area contributed by atoms with E-state index in [9.17, 15) is 5.11 Å². The molecule has 106 valence electrons. The zero-order valence-corrected chi connectivity index (χ0v) is 14.5. The summed E-state index contributed by atoms with van der Waals surface area (Å²) in [5.74, 6) is 0.920. The third kappa shape index (κ3) is 3.59. The Balaban J connectivity index is 2.20. The quantitative estimate of drug-likeness (QED) is 0.714. The maximum absolute atomic E-state index is 9.47. The molecule has 0 saturated heterocycles. The van der Waals surface area contributed by atoms with Gasteiger partial charge in [-0.1, -0.05) is 17.7 Å². The Bertz CT molecular complexity index is 635. The van der Waals surface area contributed by atoms with Crippen molar-refractivity contribution in [2.24, 2.45) is 0 Å². The molecule has 0 unspecified atom stereocenters. The summed E-state index contributed by atoms with van der Waals surface area (Å²) in [6, 6.07) is 8.93. The predicted octanol–water partition coefficient (Wildman–Crippen LogP) is 5.19. The van der Waals surface area contributed by atoms with Gasteiger partial charge in [-0.2, -0.15) is 0 Å². The zero-order chi connectivity index (χ0) is 14.7. The fourth-order valence-electron chi connectivity index (χ4n) is 1.76. The molecule has 0 aliphatic heterocycles. The second-order valence-corrected chi connectivity index (χ2v) is 6.25. The predicted molar refractivity (Wildman–Crippen MR) is 88.8 cm³/mol. The molecule has 2 aromatic rings. The summed E-state index contributed by atoms with van der Waals surface area (Å²) in [5, 5.41) is 13.4. The summed E-state index contributed by atoms with van der Waals surface area (Å²) < 4.78 is 6.80. The average molecular weight is 422 g/mol. The van der Waals surface area contributed by atoms with Crippen LogP contribution in [0.2, 0.25) is 5.02 Å². The van der Waals surface area contributed by atoms with E-state index in [1.54, 1.807) is 25.3 Å². The van der Waals surface area contributed by atoms with Gasteiger partial charge in [0.15, 0.2) is 5.75 Å². The third-order valence-corrected chi connectivity index (χ3v) is 4.15. The van der Waals surface area contributed by atoms with Crippen LogP contribution in [0.25, 0.3) is 0 Å². The fraction of sp³-hybridized carbons (Fsp3) is 0.143. The molecule has 0 saturated carbocycles. The van der Waals surface area contributed by atoms with Crippen LogP contribution in [0.1, 0.15) is 5.56 Å². The minimum absolute atomic E-state index is 0.219. The third-order valence-electron chi connectivity index (χ3n) is 2.71. The van der Waals surface area contributed by atoms with Crippen molar-refractivity contribution >= 4 is 49.1 Å². The van der Waals surface area contributed by atoms with E-state index in [4.69, 9.17) is 16.3 Å². The van der Waals surface area contributed by atoms with Crippen molar-refractivity contribution in [3.05, 3.63) is 49.9 Å². The van der Waals surface area contributed by atoms with Crippen LogP contribution in [0.5, 0.6) is 11.5 Å². The minimum atomic E-state index is 0.219. The molecule has 0 heterocycles. The van der Waals surface area contributed by atoms with Crippen LogP contribution in [0, 0.1) is 0 Å². The van der Waals surface area contributed by atoms with Crippen LogP contribution in [-0.4, -0.2) is 12.2 Å². The highest BCUT2D eigenvalue weighted by molar-refractivity contribution is 9.10. The van der Waals surface area contributed by atoms with Gasteiger partial charge in [-0.3, -0.25) is 0 Å². The summed E-state index contributed by atoms with van der Waals surface area (Å²) >= 11 is 12.7. The molecule has 0 amide bonds. The second-order valence-electron chi connectivity index (χ2n) is 4.11. The molecule has 2 aromatic carbocycles. The van der Waals surface area contributed by atoms with E-state index in [0.717, 1.165) is 15.7 Å². The Labute approximate surface area is 139 Å². The molecule has 0 bridgehead atoms. The summed E-state index contributed by atoms with van der Waals surface area (Å²) in [6.07, 6.45) is 0. The van der Waals surface area contributed by atoms with Gasteiger partial charge in [-0.05, 0) is 61.7 Å². The number of rotatable bonds is 4. The van der Waals surface area contributed by atoms with Gasteiger partial charge in [0.05, 0.1) is 21.7 Å². The Morgan fingerprint density at radius 2 is 1.95 bits per heavy atom. The lowest BCUT2D eigenvalue weighted by Gasteiger charge is -2.13. The lowest BCUT2D eigenvalue weighted by atomic mass is 10.2. The smallest absolute Gasteiger partial charge is 0.156 e. The molecular formula is C14H12Br2ClNO2. The first kappa shape index (κ1) is 15.5. The molecule has 3 nitrogen and oxygen atoms in total. The normalized spacial score (nSPS) is 10.4. The molecule has 6 heteroatoms. The highest BCUT2D eigenvalue weighted by Gasteiger charge is 2.09. The van der Waals surface area contributed by atoms with Crippen LogP contribution in [0.3, 0.4) is 0 Å². The van der Waals surface area contributed by atoms with Gasteiger partial charge < -0.3 is 15.2 Å². The van der Waals surface area contributed by atoms with Gasteiger partial charge in [0, 0.05) is 11.6 Å². The highest BCUT2D eigenvalue weighted by Crippen LogP contribution is 2.36. The number of benzene rings is 2. The number of ether oxygens (including phenoxy) is 1. The number of nitrogens with one attached hydrogen (secondary N) is 1. The van der Waals surface area contributed by atoms with Crippen LogP contribution >= 0.6 is 43.5 Å². The van der Waals surface area contributed by atoms with E-state index in [0.29, 0.717) is 21.8 Å². The monoisotopic (exact) mass is 419 g/mol. The molecule has 0 aliphatic rings. The van der Waals surface area contributed by atoms with Gasteiger partial charge in [0.2, 0.25) is 0 Å². The lowest BCUT2D eigenvalue weighted by molar-refractivity contribution is 0.414. The molecule has 0 radical (unpaired) electrons. The Kier molecular flexibility index (Phi) is 5.18. The van der Waals surface area contributed by atoms with Gasteiger partial charge in [0.1, 0.15) is 5.75 Å². The van der Waals surface area contributed by atoms with E-state index in [2.05, 4.69) is 37.2 Å². The van der Waals surface area contributed by atoms with Crippen LogP contribution in [0.15, 0.2) is 39.3 Å². The first-order valence-corrected chi connectivity index (χ1v) is 7.72. The van der Waals surface area contributed by atoms with Gasteiger partial charge in [-0.15, -0.1) is 0 Å². The number of methoxy groups -OCH3 is 1. The van der Waals surface area contributed by atoms with Crippen LogP contribution in [0.4, 0.5) is 5.69 Å². The van der Waals surface area contributed by atoms with Crippen molar-refractivity contribution in [2.45, 2.75) is 6.54 Å². The summed E-state index contributed by atoms with van der Waals surface area (Å²) in [6.45, 7) is 0.585. The number of halogens is 3. The van der Waals surface area contributed by atoms with Crippen molar-refractivity contribution in [2.75, 3.05) is 12.4 Å². The van der Waals surface area contributed by atoms with Crippen molar-refractivity contribution in [1.82, 2.24) is 0 Å². The van der Waals surface area contributed by atoms with Gasteiger partial charge >= 0.3 is 0 Å². The highest BCUT2D eigenvalue weighted by atomic mass is 79.9. The first-order chi connectivity index (χ1) is 9.51. The fourth-order valence-corrected chi connectivity index (χ4v) is 3.16. The largest absolute Gasteiger partial charge is 0.507 e. The zero-order valence-electron chi connectivity index (χ0n) is 10.6. The van der Waals surface area contributed by atoms with Crippen LogP contribution < -0.4 is 10.1 Å². The number of phenolic OH excluding ortho intramolecular Hbond substituents is 1. The summed E-state index contributed by atoms with van der Waals surface area (Å²) in [7, 11) is 1.61.